The van der Waals surface area contributed by atoms with Gasteiger partial charge in [0, 0.05) is 11.6 Å². The van der Waals surface area contributed by atoms with Crippen LogP contribution in [0.5, 0.6) is 0 Å². The molecule has 3 nitrogen and oxygen atoms in total. The van der Waals surface area contributed by atoms with Crippen molar-refractivity contribution < 1.29 is 9.90 Å². The second-order valence-corrected chi connectivity index (χ2v) is 6.75. The summed E-state index contributed by atoms with van der Waals surface area (Å²) in [5.41, 5.74) is 0.302. The van der Waals surface area contributed by atoms with E-state index in [9.17, 15) is 4.79 Å². The Labute approximate surface area is 98.8 Å². The number of rotatable bonds is 3. The summed E-state index contributed by atoms with van der Waals surface area (Å²) < 4.78 is 0. The van der Waals surface area contributed by atoms with Crippen LogP contribution in [0.15, 0.2) is 0 Å². The molecule has 0 aromatic heterocycles. The fourth-order valence-corrected chi connectivity index (χ4v) is 2.73. The zero-order chi connectivity index (χ0) is 12.6. The Bertz CT molecular complexity index is 266. The van der Waals surface area contributed by atoms with Crippen LogP contribution < -0.4 is 0 Å². The van der Waals surface area contributed by atoms with Gasteiger partial charge >= 0.3 is 5.97 Å². The third-order valence-corrected chi connectivity index (χ3v) is 3.55. The molecule has 0 saturated heterocycles. The Morgan fingerprint density at radius 2 is 2.00 bits per heavy atom. The maximum atomic E-state index is 10.9. The summed E-state index contributed by atoms with van der Waals surface area (Å²) in [4.78, 5) is 13.1. The fraction of sp³-hybridized carbons (Fsp3) is 0.923. The molecule has 94 valence electrons. The zero-order valence-corrected chi connectivity index (χ0v) is 11.2. The summed E-state index contributed by atoms with van der Waals surface area (Å²) in [6, 6.07) is 0.422. The van der Waals surface area contributed by atoms with Gasteiger partial charge in [-0.25, -0.2) is 0 Å². The van der Waals surface area contributed by atoms with Gasteiger partial charge in [-0.3, -0.25) is 9.69 Å². The van der Waals surface area contributed by atoms with Crippen molar-refractivity contribution in [2.45, 2.75) is 65.5 Å². The quantitative estimate of drug-likeness (QED) is 0.806. The summed E-state index contributed by atoms with van der Waals surface area (Å²) in [7, 11) is 0. The molecule has 0 aliphatic heterocycles. The van der Waals surface area contributed by atoms with Gasteiger partial charge in [-0.05, 0) is 45.4 Å². The van der Waals surface area contributed by atoms with E-state index >= 15 is 0 Å². The first-order chi connectivity index (χ1) is 7.12. The van der Waals surface area contributed by atoms with Crippen molar-refractivity contribution in [3.8, 4) is 0 Å². The minimum Gasteiger partial charge on any atom is -0.480 e. The van der Waals surface area contributed by atoms with Gasteiger partial charge in [-0.2, -0.15) is 0 Å². The van der Waals surface area contributed by atoms with Crippen molar-refractivity contribution in [1.29, 1.82) is 0 Å². The Hall–Kier alpha value is -0.570. The molecule has 0 radical (unpaired) electrons. The van der Waals surface area contributed by atoms with Crippen molar-refractivity contribution in [2.24, 2.45) is 5.41 Å². The van der Waals surface area contributed by atoms with Crippen molar-refractivity contribution in [1.82, 2.24) is 4.90 Å². The van der Waals surface area contributed by atoms with Crippen molar-refractivity contribution in [3.63, 3.8) is 0 Å². The highest BCUT2D eigenvalue weighted by Crippen LogP contribution is 2.41. The van der Waals surface area contributed by atoms with Gasteiger partial charge in [-0.1, -0.05) is 13.8 Å². The number of carbonyl (C=O) groups is 1. The predicted octanol–water partition coefficient (Wildman–Crippen LogP) is 2.75. The fourth-order valence-electron chi connectivity index (χ4n) is 2.73. The molecular weight excluding hydrogens is 202 g/mol. The lowest BCUT2D eigenvalue weighted by atomic mass is 9.91. The van der Waals surface area contributed by atoms with Gasteiger partial charge in [0.15, 0.2) is 0 Å². The lowest BCUT2D eigenvalue weighted by Crippen LogP contribution is -2.49. The van der Waals surface area contributed by atoms with E-state index in [1.807, 2.05) is 0 Å². The van der Waals surface area contributed by atoms with Crippen LogP contribution in [-0.4, -0.2) is 34.1 Å². The number of nitrogens with zero attached hydrogens (tertiary/aromatic N) is 1. The van der Waals surface area contributed by atoms with E-state index in [1.54, 1.807) is 0 Å². The second kappa shape index (κ2) is 4.36. The lowest BCUT2D eigenvalue weighted by molar-refractivity contribution is -0.140. The SMILES string of the molecule is CC1(C)CCC(N(CC(=O)O)C(C)(C)C)C1. The molecule has 1 rings (SSSR count). The molecule has 1 atom stereocenters. The molecule has 0 bridgehead atoms. The second-order valence-electron chi connectivity index (χ2n) is 6.75. The third-order valence-electron chi connectivity index (χ3n) is 3.55. The molecule has 1 fully saturated rings. The largest absolute Gasteiger partial charge is 0.480 e. The van der Waals surface area contributed by atoms with Crippen LogP contribution in [0.3, 0.4) is 0 Å². The molecule has 16 heavy (non-hydrogen) atoms. The minimum absolute atomic E-state index is 0.0660. The molecular formula is C13H25NO2. The average molecular weight is 227 g/mol. The normalized spacial score (nSPS) is 25.0. The number of carboxylic acid groups (broad SMARTS) is 1. The van der Waals surface area contributed by atoms with Crippen molar-refractivity contribution in [2.75, 3.05) is 6.54 Å². The van der Waals surface area contributed by atoms with Gasteiger partial charge < -0.3 is 5.11 Å². The molecule has 0 amide bonds. The van der Waals surface area contributed by atoms with Gasteiger partial charge in [0.2, 0.25) is 0 Å². The first-order valence-electron chi connectivity index (χ1n) is 6.10. The smallest absolute Gasteiger partial charge is 0.317 e. The molecule has 0 spiro atoms. The van der Waals surface area contributed by atoms with Gasteiger partial charge in [-0.15, -0.1) is 0 Å². The minimum atomic E-state index is -0.723. The first kappa shape index (κ1) is 13.5. The number of aliphatic carboxylic acids is 1. The molecule has 0 aromatic rings. The van der Waals surface area contributed by atoms with Crippen LogP contribution in [0.2, 0.25) is 0 Å². The number of hydrogen-bond acceptors (Lipinski definition) is 2. The predicted molar refractivity (Wildman–Crippen MR) is 65.5 cm³/mol. The van der Waals surface area contributed by atoms with E-state index in [-0.39, 0.29) is 12.1 Å². The summed E-state index contributed by atoms with van der Waals surface area (Å²) in [6.45, 7) is 11.0. The standard InChI is InChI=1S/C13H25NO2/c1-12(2,3)14(9-11(15)16)10-6-7-13(4,5)8-10/h10H,6-9H2,1-5H3,(H,15,16). The highest BCUT2D eigenvalue weighted by Gasteiger charge is 2.38. The molecule has 0 heterocycles. The Balaban J connectivity index is 2.75. The van der Waals surface area contributed by atoms with Crippen LogP contribution in [0.4, 0.5) is 0 Å². The van der Waals surface area contributed by atoms with E-state index in [1.165, 1.54) is 6.42 Å². The molecule has 1 aliphatic carbocycles. The van der Waals surface area contributed by atoms with Gasteiger partial charge in [0.05, 0.1) is 6.54 Å². The summed E-state index contributed by atoms with van der Waals surface area (Å²) in [5.74, 6) is -0.723. The first-order valence-corrected chi connectivity index (χ1v) is 6.10. The summed E-state index contributed by atoms with van der Waals surface area (Å²) >= 11 is 0. The van der Waals surface area contributed by atoms with Crippen LogP contribution in [-0.2, 0) is 4.79 Å². The van der Waals surface area contributed by atoms with E-state index in [2.05, 4.69) is 39.5 Å². The number of hydrogen-bond donors (Lipinski definition) is 1. The Kier molecular flexibility index (Phi) is 3.68. The molecule has 1 aliphatic rings. The summed E-state index contributed by atoms with van der Waals surface area (Å²) in [6.07, 6.45) is 3.43. The zero-order valence-electron chi connectivity index (χ0n) is 11.2. The molecule has 3 heteroatoms. The molecule has 1 saturated carbocycles. The third kappa shape index (κ3) is 3.48. The van der Waals surface area contributed by atoms with Crippen LogP contribution in [0.1, 0.15) is 53.9 Å². The Morgan fingerprint density at radius 3 is 2.31 bits per heavy atom. The van der Waals surface area contributed by atoms with E-state index in [4.69, 9.17) is 5.11 Å². The lowest BCUT2D eigenvalue weighted by Gasteiger charge is -2.39. The van der Waals surface area contributed by atoms with Crippen molar-refractivity contribution in [3.05, 3.63) is 0 Å². The highest BCUT2D eigenvalue weighted by molar-refractivity contribution is 5.69. The number of carboxylic acids is 1. The molecule has 0 aromatic carbocycles. The maximum absolute atomic E-state index is 10.9. The average Bonchev–Trinajstić information content (AvgIpc) is 2.39. The van der Waals surface area contributed by atoms with Crippen LogP contribution in [0.25, 0.3) is 0 Å². The molecule has 1 unspecified atom stereocenters. The van der Waals surface area contributed by atoms with Gasteiger partial charge in [0.25, 0.3) is 0 Å². The van der Waals surface area contributed by atoms with E-state index < -0.39 is 5.97 Å². The van der Waals surface area contributed by atoms with Crippen molar-refractivity contribution >= 4 is 5.97 Å². The van der Waals surface area contributed by atoms with Gasteiger partial charge in [0.1, 0.15) is 0 Å². The molecule has 1 N–H and O–H groups in total. The highest BCUT2D eigenvalue weighted by atomic mass is 16.4. The van der Waals surface area contributed by atoms with E-state index in [0.717, 1.165) is 12.8 Å². The monoisotopic (exact) mass is 227 g/mol. The van der Waals surface area contributed by atoms with Crippen LogP contribution in [0, 0.1) is 5.41 Å². The Morgan fingerprint density at radius 1 is 1.44 bits per heavy atom. The van der Waals surface area contributed by atoms with Crippen LogP contribution >= 0.6 is 0 Å². The maximum Gasteiger partial charge on any atom is 0.317 e. The van der Waals surface area contributed by atoms with E-state index in [0.29, 0.717) is 11.5 Å². The topological polar surface area (TPSA) is 40.5 Å². The summed E-state index contributed by atoms with van der Waals surface area (Å²) in [5, 5.41) is 9.00.